The summed E-state index contributed by atoms with van der Waals surface area (Å²) in [6.07, 6.45) is -0.936. The fourth-order valence-electron chi connectivity index (χ4n) is 3.04. The number of nitrogens with zero attached hydrogens (tertiary/aromatic N) is 2. The van der Waals surface area contributed by atoms with Gasteiger partial charge in [-0.15, -0.1) is 0 Å². The summed E-state index contributed by atoms with van der Waals surface area (Å²) in [4.78, 5) is 11.0. The van der Waals surface area contributed by atoms with E-state index in [0.29, 0.717) is 4.47 Å². The minimum atomic E-state index is -3.11. The molecule has 0 aliphatic carbocycles. The van der Waals surface area contributed by atoms with Gasteiger partial charge in [-0.1, -0.05) is 33.6 Å². The quantitative estimate of drug-likeness (QED) is 0.197. The lowest BCUT2D eigenvalue weighted by Gasteiger charge is -2.28. The van der Waals surface area contributed by atoms with Crippen LogP contribution in [-0.2, 0) is 4.43 Å². The molecular weight excluding hydrogens is 528 g/mol. The van der Waals surface area contributed by atoms with Gasteiger partial charge in [0.1, 0.15) is 17.5 Å². The summed E-state index contributed by atoms with van der Waals surface area (Å²) in [5.74, 6) is -0.202. The molecular formula is C20H21BrClF2N3O4Si. The van der Waals surface area contributed by atoms with Crippen molar-refractivity contribution in [3.05, 3.63) is 61.6 Å². The average molecular weight is 549 g/mol. The van der Waals surface area contributed by atoms with E-state index in [-0.39, 0.29) is 34.1 Å². The average Bonchev–Trinajstić information content (AvgIpc) is 2.65. The number of nitriles is 1. The van der Waals surface area contributed by atoms with E-state index in [2.05, 4.69) is 32.1 Å². The molecule has 0 aliphatic heterocycles. The summed E-state index contributed by atoms with van der Waals surface area (Å²) >= 11 is 9.62. The third kappa shape index (κ3) is 7.41. The molecule has 2 rings (SSSR count). The Morgan fingerprint density at radius 3 is 2.56 bits per heavy atom. The summed E-state index contributed by atoms with van der Waals surface area (Å²) in [6, 6.07) is 9.70. The van der Waals surface area contributed by atoms with E-state index in [1.165, 1.54) is 36.4 Å². The fourth-order valence-corrected chi connectivity index (χ4v) is 4.70. The van der Waals surface area contributed by atoms with Gasteiger partial charge < -0.3 is 14.5 Å². The van der Waals surface area contributed by atoms with Gasteiger partial charge in [0.2, 0.25) is 0 Å². The lowest BCUT2D eigenvalue weighted by Crippen LogP contribution is -2.33. The Morgan fingerprint density at radius 2 is 2.00 bits per heavy atom. The van der Waals surface area contributed by atoms with E-state index in [1.807, 2.05) is 19.6 Å². The highest BCUT2D eigenvalue weighted by atomic mass is 79.9. The molecule has 0 radical (unpaired) electrons. The highest BCUT2D eigenvalue weighted by Crippen LogP contribution is 2.40. The molecule has 0 saturated heterocycles. The van der Waals surface area contributed by atoms with Crippen molar-refractivity contribution in [2.24, 2.45) is 0 Å². The highest BCUT2D eigenvalue weighted by Gasteiger charge is 2.30. The summed E-state index contributed by atoms with van der Waals surface area (Å²) in [5.41, 5.74) is 0.0198. The van der Waals surface area contributed by atoms with Crippen LogP contribution in [0.1, 0.15) is 18.0 Å². The van der Waals surface area contributed by atoms with Crippen LogP contribution < -0.4 is 10.1 Å². The SMILES string of the molecule is C[Si](C)(C)OC(C#N)C[C@@H](Nc1cc(Br)ccc1[N+](=O)[O-])c1c(Cl)cccc1OC(F)F. The number of nitro groups is 1. The predicted molar refractivity (Wildman–Crippen MR) is 124 cm³/mol. The number of rotatable bonds is 10. The molecule has 2 atom stereocenters. The number of benzene rings is 2. The topological polar surface area (TPSA) is 97.4 Å². The van der Waals surface area contributed by atoms with Crippen molar-refractivity contribution >= 4 is 47.2 Å². The maximum atomic E-state index is 13.0. The number of hydrogen-bond donors (Lipinski definition) is 1. The van der Waals surface area contributed by atoms with Crippen LogP contribution in [-0.4, -0.2) is 26.0 Å². The molecule has 0 spiro atoms. The molecule has 7 nitrogen and oxygen atoms in total. The third-order valence-corrected chi connectivity index (χ3v) is 5.97. The zero-order valence-corrected chi connectivity index (χ0v) is 20.8. The molecule has 1 N–H and O–H groups in total. The van der Waals surface area contributed by atoms with Crippen molar-refractivity contribution in [2.75, 3.05) is 5.32 Å². The van der Waals surface area contributed by atoms with Crippen LogP contribution in [0.25, 0.3) is 0 Å². The second-order valence-electron chi connectivity index (χ2n) is 7.73. The fraction of sp³-hybridized carbons (Fsp3) is 0.350. The number of alkyl halides is 2. The Hall–Kier alpha value is -2.26. The van der Waals surface area contributed by atoms with Crippen LogP contribution in [0, 0.1) is 21.4 Å². The van der Waals surface area contributed by atoms with Crippen molar-refractivity contribution in [2.45, 2.75) is 44.8 Å². The molecule has 2 aromatic carbocycles. The molecule has 32 heavy (non-hydrogen) atoms. The van der Waals surface area contributed by atoms with Gasteiger partial charge in [-0.2, -0.15) is 14.0 Å². The molecule has 12 heteroatoms. The van der Waals surface area contributed by atoms with Gasteiger partial charge in [0.25, 0.3) is 5.69 Å². The van der Waals surface area contributed by atoms with Gasteiger partial charge >= 0.3 is 6.61 Å². The zero-order valence-electron chi connectivity index (χ0n) is 17.4. The van der Waals surface area contributed by atoms with Gasteiger partial charge in [0.05, 0.1) is 17.0 Å². The molecule has 0 amide bonds. The first-order valence-electron chi connectivity index (χ1n) is 9.42. The molecule has 1 unspecified atom stereocenters. The second kappa shape index (κ2) is 11.0. The van der Waals surface area contributed by atoms with Crippen LogP contribution in [0.2, 0.25) is 24.7 Å². The van der Waals surface area contributed by atoms with E-state index in [9.17, 15) is 24.2 Å². The standard InChI is InChI=1S/C20H21BrClF2N3O4Si/c1-32(2,3)31-13(11-25)10-16(19-14(22)5-4-6-18(19)30-20(23)24)26-15-9-12(21)7-8-17(15)27(28)29/h4-9,13,16,20,26H,10H2,1-3H3/t13?,16-/m1/s1. The molecule has 0 fully saturated rings. The first-order valence-corrected chi connectivity index (χ1v) is 14.0. The Bertz CT molecular complexity index is 1020. The Kier molecular flexibility index (Phi) is 8.97. The van der Waals surface area contributed by atoms with Gasteiger partial charge in [-0.25, -0.2) is 0 Å². The first kappa shape index (κ1) is 26.0. The molecule has 0 bridgehead atoms. The minimum absolute atomic E-state index is 0.0201. The van der Waals surface area contributed by atoms with Crippen molar-refractivity contribution < 1.29 is 22.9 Å². The number of hydrogen-bond acceptors (Lipinski definition) is 6. The van der Waals surface area contributed by atoms with E-state index < -0.39 is 32.0 Å². The Labute approximate surface area is 198 Å². The summed E-state index contributed by atoms with van der Waals surface area (Å²) in [7, 11) is -2.14. The van der Waals surface area contributed by atoms with Crippen molar-refractivity contribution in [3.63, 3.8) is 0 Å². The maximum absolute atomic E-state index is 13.0. The molecule has 0 heterocycles. The van der Waals surface area contributed by atoms with E-state index >= 15 is 0 Å². The zero-order chi connectivity index (χ0) is 24.1. The normalized spacial score (nSPS) is 13.3. The second-order valence-corrected chi connectivity index (χ2v) is 13.5. The van der Waals surface area contributed by atoms with E-state index in [0.717, 1.165) is 0 Å². The summed E-state index contributed by atoms with van der Waals surface area (Å²) in [6.45, 7) is 2.59. The van der Waals surface area contributed by atoms with Crippen LogP contribution in [0.3, 0.4) is 0 Å². The Morgan fingerprint density at radius 1 is 1.31 bits per heavy atom. The minimum Gasteiger partial charge on any atom is -0.434 e. The third-order valence-electron chi connectivity index (χ3n) is 4.15. The van der Waals surface area contributed by atoms with Crippen molar-refractivity contribution in [3.8, 4) is 11.8 Å². The Balaban J connectivity index is 2.59. The number of nitrogens with one attached hydrogen (secondary N) is 1. The summed E-state index contributed by atoms with van der Waals surface area (Å²) < 4.78 is 37.2. The van der Waals surface area contributed by atoms with E-state index in [4.69, 9.17) is 16.0 Å². The molecule has 2 aromatic rings. The van der Waals surface area contributed by atoms with Crippen LogP contribution in [0.4, 0.5) is 20.2 Å². The number of anilines is 1. The van der Waals surface area contributed by atoms with Gasteiger partial charge in [-0.05, 0) is 43.9 Å². The lowest BCUT2D eigenvalue weighted by atomic mass is 9.99. The smallest absolute Gasteiger partial charge is 0.387 e. The molecule has 0 saturated carbocycles. The first-order chi connectivity index (χ1) is 14.9. The number of nitro benzene ring substituents is 1. The van der Waals surface area contributed by atoms with Gasteiger partial charge in [0, 0.05) is 27.5 Å². The van der Waals surface area contributed by atoms with Crippen LogP contribution in [0.5, 0.6) is 5.75 Å². The van der Waals surface area contributed by atoms with Crippen LogP contribution >= 0.6 is 27.5 Å². The highest BCUT2D eigenvalue weighted by molar-refractivity contribution is 9.10. The number of halogens is 4. The predicted octanol–water partition coefficient (Wildman–Crippen LogP) is 6.90. The van der Waals surface area contributed by atoms with E-state index in [1.54, 1.807) is 0 Å². The molecule has 172 valence electrons. The van der Waals surface area contributed by atoms with Gasteiger partial charge in [-0.3, -0.25) is 10.1 Å². The summed E-state index contributed by atoms with van der Waals surface area (Å²) in [5, 5.41) is 24.3. The molecule has 0 aliphatic rings. The van der Waals surface area contributed by atoms with Crippen molar-refractivity contribution in [1.29, 1.82) is 5.26 Å². The maximum Gasteiger partial charge on any atom is 0.387 e. The van der Waals surface area contributed by atoms with Crippen molar-refractivity contribution in [1.82, 2.24) is 0 Å². The lowest BCUT2D eigenvalue weighted by molar-refractivity contribution is -0.384. The largest absolute Gasteiger partial charge is 0.434 e. The monoisotopic (exact) mass is 547 g/mol. The molecule has 0 aromatic heterocycles. The van der Waals surface area contributed by atoms with Gasteiger partial charge in [0.15, 0.2) is 8.32 Å². The van der Waals surface area contributed by atoms with Crippen LogP contribution in [0.15, 0.2) is 40.9 Å². The number of ether oxygens (including phenoxy) is 1.